The fourth-order valence-electron chi connectivity index (χ4n) is 3.09. The molecule has 2 aromatic heterocycles. The molecule has 9 heteroatoms. The number of nitrogens with one attached hydrogen (secondary N) is 1. The van der Waals surface area contributed by atoms with Gasteiger partial charge in [-0.1, -0.05) is 30.3 Å². The first-order valence-electron chi connectivity index (χ1n) is 8.97. The third-order valence-electron chi connectivity index (χ3n) is 4.38. The minimum absolute atomic E-state index is 0.0445. The number of fused-ring (bicyclic) bond motifs is 1. The predicted octanol–water partition coefficient (Wildman–Crippen LogP) is 4.42. The van der Waals surface area contributed by atoms with Crippen LogP contribution in [0, 0.1) is 5.82 Å². The van der Waals surface area contributed by atoms with Gasteiger partial charge in [-0.3, -0.25) is 10.1 Å². The maximum absolute atomic E-state index is 13.0. The summed E-state index contributed by atoms with van der Waals surface area (Å²) in [6, 6.07) is 13.1. The second-order valence-electron chi connectivity index (χ2n) is 6.87. The van der Waals surface area contributed by atoms with E-state index in [4.69, 9.17) is 4.42 Å². The van der Waals surface area contributed by atoms with E-state index in [1.54, 1.807) is 42.6 Å². The second-order valence-corrected chi connectivity index (χ2v) is 10.1. The van der Waals surface area contributed by atoms with Gasteiger partial charge in [-0.15, -0.1) is 11.3 Å². The normalized spacial score (nSPS) is 11.7. The Morgan fingerprint density at radius 3 is 2.63 bits per heavy atom. The van der Waals surface area contributed by atoms with Crippen molar-refractivity contribution >= 4 is 43.2 Å². The summed E-state index contributed by atoms with van der Waals surface area (Å²) in [6.07, 6.45) is 3.30. The van der Waals surface area contributed by atoms with Crippen molar-refractivity contribution in [2.45, 2.75) is 12.2 Å². The van der Waals surface area contributed by atoms with Crippen LogP contribution in [-0.2, 0) is 22.0 Å². The topological polar surface area (TPSA) is 89.3 Å². The number of thiazole rings is 1. The fraction of sp³-hybridized carbons (Fsp3) is 0.143. The molecule has 1 amide bonds. The van der Waals surface area contributed by atoms with Crippen molar-refractivity contribution in [2.24, 2.45) is 0 Å². The van der Waals surface area contributed by atoms with E-state index in [1.807, 2.05) is 0 Å². The number of nitrogens with zero attached hydrogens (tertiary/aromatic N) is 1. The molecule has 154 valence electrons. The van der Waals surface area contributed by atoms with Crippen molar-refractivity contribution < 1.29 is 22.0 Å². The number of carbonyl (C=O) groups excluding carboxylic acids is 1. The van der Waals surface area contributed by atoms with Crippen molar-refractivity contribution in [2.75, 3.05) is 11.6 Å². The molecule has 0 aliphatic rings. The van der Waals surface area contributed by atoms with Crippen LogP contribution < -0.4 is 5.32 Å². The lowest BCUT2D eigenvalue weighted by atomic mass is 10.1. The summed E-state index contributed by atoms with van der Waals surface area (Å²) in [5.74, 6) is -1.21. The number of para-hydroxylation sites is 1. The van der Waals surface area contributed by atoms with Gasteiger partial charge in [0, 0.05) is 34.7 Å². The Labute approximate surface area is 176 Å². The molecule has 0 aliphatic carbocycles. The number of aromatic nitrogens is 1. The van der Waals surface area contributed by atoms with Gasteiger partial charge >= 0.3 is 0 Å². The molecule has 0 bridgehead atoms. The van der Waals surface area contributed by atoms with Gasteiger partial charge in [0.1, 0.15) is 11.4 Å². The molecule has 0 aliphatic heterocycles. The average Bonchev–Trinajstić information content (AvgIpc) is 3.27. The second kappa shape index (κ2) is 8.00. The van der Waals surface area contributed by atoms with E-state index in [2.05, 4.69) is 10.3 Å². The number of benzene rings is 2. The van der Waals surface area contributed by atoms with Gasteiger partial charge in [-0.2, -0.15) is 0 Å². The van der Waals surface area contributed by atoms with Crippen LogP contribution in [0.4, 0.5) is 9.52 Å². The average molecular weight is 445 g/mol. The first-order chi connectivity index (χ1) is 14.3. The van der Waals surface area contributed by atoms with Gasteiger partial charge in [-0.25, -0.2) is 17.8 Å². The SMILES string of the molecule is CS(=O)(=O)Cc1c(C(=O)Nc2ncc(Cc3ccc(F)cc3)s2)oc2ccccc12. The highest BCUT2D eigenvalue weighted by atomic mass is 32.2. The molecule has 0 atom stereocenters. The zero-order valence-corrected chi connectivity index (χ0v) is 17.5. The number of sulfone groups is 1. The van der Waals surface area contributed by atoms with E-state index >= 15 is 0 Å². The first-order valence-corrected chi connectivity index (χ1v) is 11.8. The highest BCUT2D eigenvalue weighted by Crippen LogP contribution is 2.29. The third kappa shape index (κ3) is 4.58. The fourth-order valence-corrected chi connectivity index (χ4v) is 4.74. The summed E-state index contributed by atoms with van der Waals surface area (Å²) >= 11 is 1.28. The zero-order valence-electron chi connectivity index (χ0n) is 15.9. The van der Waals surface area contributed by atoms with Crippen LogP contribution in [0.3, 0.4) is 0 Å². The van der Waals surface area contributed by atoms with Crippen LogP contribution in [-0.4, -0.2) is 25.6 Å². The predicted molar refractivity (Wildman–Crippen MR) is 114 cm³/mol. The summed E-state index contributed by atoms with van der Waals surface area (Å²) in [7, 11) is -3.38. The Kier molecular flexibility index (Phi) is 5.40. The van der Waals surface area contributed by atoms with Crippen LogP contribution in [0.15, 0.2) is 59.1 Å². The smallest absolute Gasteiger partial charge is 0.293 e. The Hall–Kier alpha value is -3.04. The van der Waals surface area contributed by atoms with E-state index in [0.29, 0.717) is 28.1 Å². The lowest BCUT2D eigenvalue weighted by Crippen LogP contribution is -2.14. The van der Waals surface area contributed by atoms with Gasteiger partial charge in [0.25, 0.3) is 5.91 Å². The molecule has 0 saturated heterocycles. The van der Waals surface area contributed by atoms with Crippen molar-refractivity contribution in [1.82, 2.24) is 4.98 Å². The van der Waals surface area contributed by atoms with Gasteiger partial charge in [0.15, 0.2) is 20.7 Å². The molecule has 0 radical (unpaired) electrons. The summed E-state index contributed by atoms with van der Waals surface area (Å²) < 4.78 is 42.4. The monoisotopic (exact) mass is 444 g/mol. The lowest BCUT2D eigenvalue weighted by Gasteiger charge is -2.02. The Morgan fingerprint density at radius 1 is 1.17 bits per heavy atom. The maximum atomic E-state index is 13.0. The van der Waals surface area contributed by atoms with Crippen molar-refractivity contribution in [3.8, 4) is 0 Å². The number of anilines is 1. The van der Waals surface area contributed by atoms with Crippen LogP contribution in [0.2, 0.25) is 0 Å². The molecule has 6 nitrogen and oxygen atoms in total. The van der Waals surface area contributed by atoms with Gasteiger partial charge in [0.2, 0.25) is 0 Å². The first kappa shape index (κ1) is 20.2. The number of halogens is 1. The molecule has 4 rings (SSSR count). The number of hydrogen-bond acceptors (Lipinski definition) is 6. The van der Waals surface area contributed by atoms with Crippen LogP contribution in [0.1, 0.15) is 26.6 Å². The molecule has 2 aromatic carbocycles. The lowest BCUT2D eigenvalue weighted by molar-refractivity contribution is 0.0998. The quantitative estimate of drug-likeness (QED) is 0.476. The largest absolute Gasteiger partial charge is 0.451 e. The minimum atomic E-state index is -3.38. The number of furan rings is 1. The van der Waals surface area contributed by atoms with Crippen LogP contribution in [0.25, 0.3) is 11.0 Å². The molecule has 0 fully saturated rings. The standard InChI is InChI=1S/C21H17FN2O4S2/c1-30(26,27)12-17-16-4-2-3-5-18(16)28-19(17)20(25)24-21-23-11-15(29-21)10-13-6-8-14(22)9-7-13/h2-9,11H,10,12H2,1H3,(H,23,24,25). The van der Waals surface area contributed by atoms with Crippen molar-refractivity contribution in [3.05, 3.63) is 82.3 Å². The highest BCUT2D eigenvalue weighted by molar-refractivity contribution is 7.89. The molecular formula is C21H17FN2O4S2. The zero-order chi connectivity index (χ0) is 21.3. The molecule has 2 heterocycles. The van der Waals surface area contributed by atoms with E-state index in [0.717, 1.165) is 16.7 Å². The summed E-state index contributed by atoms with van der Waals surface area (Å²) in [5, 5.41) is 3.63. The maximum Gasteiger partial charge on any atom is 0.293 e. The van der Waals surface area contributed by atoms with Crippen molar-refractivity contribution in [3.63, 3.8) is 0 Å². The Balaban J connectivity index is 1.57. The molecular weight excluding hydrogens is 427 g/mol. The van der Waals surface area contributed by atoms with Gasteiger partial charge < -0.3 is 4.42 Å². The molecule has 1 N–H and O–H groups in total. The van der Waals surface area contributed by atoms with Crippen molar-refractivity contribution in [1.29, 1.82) is 0 Å². The van der Waals surface area contributed by atoms with Gasteiger partial charge in [0.05, 0.1) is 5.75 Å². The van der Waals surface area contributed by atoms with E-state index < -0.39 is 15.7 Å². The number of rotatable bonds is 6. The number of hydrogen-bond donors (Lipinski definition) is 1. The number of amides is 1. The van der Waals surface area contributed by atoms with E-state index in [1.165, 1.54) is 23.5 Å². The van der Waals surface area contributed by atoms with E-state index in [9.17, 15) is 17.6 Å². The molecule has 0 saturated carbocycles. The highest BCUT2D eigenvalue weighted by Gasteiger charge is 2.24. The van der Waals surface area contributed by atoms with Gasteiger partial charge in [-0.05, 0) is 23.8 Å². The minimum Gasteiger partial charge on any atom is -0.451 e. The van der Waals surface area contributed by atoms with Crippen LogP contribution >= 0.6 is 11.3 Å². The summed E-state index contributed by atoms with van der Waals surface area (Å²) in [6.45, 7) is 0. The summed E-state index contributed by atoms with van der Waals surface area (Å²) in [5.41, 5.74) is 1.69. The third-order valence-corrected chi connectivity index (χ3v) is 6.10. The van der Waals surface area contributed by atoms with Crippen LogP contribution in [0.5, 0.6) is 0 Å². The molecule has 0 spiro atoms. The summed E-state index contributed by atoms with van der Waals surface area (Å²) in [4.78, 5) is 17.9. The van der Waals surface area contributed by atoms with E-state index in [-0.39, 0.29) is 17.3 Å². The molecule has 30 heavy (non-hydrogen) atoms. The molecule has 0 unspecified atom stereocenters. The molecule has 4 aromatic rings. The number of carbonyl (C=O) groups is 1. The Bertz CT molecular complexity index is 1320. The Morgan fingerprint density at radius 2 is 1.90 bits per heavy atom.